The number of aromatic nitrogens is 6. The molecule has 0 atom stereocenters. The van der Waals surface area contributed by atoms with Crippen molar-refractivity contribution in [1.82, 2.24) is 29.5 Å². The molecular weight excluding hydrogens is 240 g/mol. The fourth-order valence-electron chi connectivity index (χ4n) is 2.21. The second-order valence-electron chi connectivity index (χ2n) is 4.34. The molecule has 0 aliphatic carbocycles. The fraction of sp³-hybridized carbons (Fsp3) is 0.0769. The van der Waals surface area contributed by atoms with Gasteiger partial charge in [0.25, 0.3) is 0 Å². The molecule has 0 saturated heterocycles. The van der Waals surface area contributed by atoms with Crippen LogP contribution in [0.4, 0.5) is 0 Å². The van der Waals surface area contributed by atoms with Gasteiger partial charge in [0, 0.05) is 19.4 Å². The Hall–Kier alpha value is -2.76. The lowest BCUT2D eigenvalue weighted by atomic mass is 10.4. The third-order valence-corrected chi connectivity index (χ3v) is 3.18. The van der Waals surface area contributed by atoms with Crippen LogP contribution < -0.4 is 0 Å². The Labute approximate surface area is 108 Å². The van der Waals surface area contributed by atoms with Gasteiger partial charge in [-0.05, 0) is 12.1 Å². The average Bonchev–Trinajstić information content (AvgIpc) is 3.00. The number of aryl methyl sites for hydroxylation is 1. The first kappa shape index (κ1) is 10.2. The SMILES string of the molecule is Cn1c(-c2nc3ccncc3[nH]2)nc2ccncc21. The number of imidazole rings is 2. The zero-order valence-corrected chi connectivity index (χ0v) is 10.2. The van der Waals surface area contributed by atoms with Gasteiger partial charge in [-0.15, -0.1) is 0 Å². The topological polar surface area (TPSA) is 72.3 Å². The lowest BCUT2D eigenvalue weighted by molar-refractivity contribution is 0.943. The molecule has 0 radical (unpaired) electrons. The standard InChI is InChI=1S/C13H10N6/c1-19-11-7-15-5-3-9(11)18-13(19)12-16-8-2-4-14-6-10(8)17-12/h2-7H,1H3,(H,16,17). The van der Waals surface area contributed by atoms with E-state index in [0.717, 1.165) is 33.7 Å². The number of rotatable bonds is 1. The van der Waals surface area contributed by atoms with E-state index in [2.05, 4.69) is 24.9 Å². The summed E-state index contributed by atoms with van der Waals surface area (Å²) < 4.78 is 1.98. The van der Waals surface area contributed by atoms with Crippen LogP contribution >= 0.6 is 0 Å². The lowest BCUT2D eigenvalue weighted by Gasteiger charge is -1.97. The van der Waals surface area contributed by atoms with E-state index in [9.17, 15) is 0 Å². The van der Waals surface area contributed by atoms with Crippen LogP contribution in [-0.2, 0) is 7.05 Å². The van der Waals surface area contributed by atoms with E-state index < -0.39 is 0 Å². The van der Waals surface area contributed by atoms with E-state index in [1.54, 1.807) is 24.8 Å². The molecule has 0 unspecified atom stereocenters. The van der Waals surface area contributed by atoms with Crippen molar-refractivity contribution in [2.24, 2.45) is 7.05 Å². The van der Waals surface area contributed by atoms with Crippen LogP contribution in [0.2, 0.25) is 0 Å². The van der Waals surface area contributed by atoms with Gasteiger partial charge >= 0.3 is 0 Å². The van der Waals surface area contributed by atoms with Crippen molar-refractivity contribution < 1.29 is 0 Å². The van der Waals surface area contributed by atoms with Crippen molar-refractivity contribution in [1.29, 1.82) is 0 Å². The van der Waals surface area contributed by atoms with Crippen molar-refractivity contribution in [3.8, 4) is 11.6 Å². The molecule has 4 heterocycles. The minimum Gasteiger partial charge on any atom is -0.334 e. The van der Waals surface area contributed by atoms with Crippen molar-refractivity contribution in [3.05, 3.63) is 36.9 Å². The molecule has 0 aromatic carbocycles. The van der Waals surface area contributed by atoms with Gasteiger partial charge < -0.3 is 9.55 Å². The van der Waals surface area contributed by atoms with Crippen LogP contribution in [0.25, 0.3) is 33.7 Å². The minimum atomic E-state index is 0.738. The summed E-state index contributed by atoms with van der Waals surface area (Å²) in [5.74, 6) is 1.53. The highest BCUT2D eigenvalue weighted by Crippen LogP contribution is 2.22. The van der Waals surface area contributed by atoms with Crippen LogP contribution in [0.15, 0.2) is 36.9 Å². The number of H-pyrrole nitrogens is 1. The predicted octanol–water partition coefficient (Wildman–Crippen LogP) is 1.91. The van der Waals surface area contributed by atoms with Crippen LogP contribution in [0.1, 0.15) is 0 Å². The smallest absolute Gasteiger partial charge is 0.177 e. The number of nitrogens with zero attached hydrogens (tertiary/aromatic N) is 5. The number of aromatic amines is 1. The highest BCUT2D eigenvalue weighted by molar-refractivity contribution is 5.81. The fourth-order valence-corrected chi connectivity index (χ4v) is 2.21. The molecule has 4 aromatic heterocycles. The molecule has 0 amide bonds. The van der Waals surface area contributed by atoms with E-state index in [1.807, 2.05) is 23.7 Å². The normalized spacial score (nSPS) is 11.4. The molecule has 0 fully saturated rings. The minimum absolute atomic E-state index is 0.738. The Balaban J connectivity index is 2.01. The average molecular weight is 250 g/mol. The largest absolute Gasteiger partial charge is 0.334 e. The van der Waals surface area contributed by atoms with E-state index in [4.69, 9.17) is 0 Å². The zero-order chi connectivity index (χ0) is 12.8. The number of nitrogens with one attached hydrogen (secondary N) is 1. The summed E-state index contributed by atoms with van der Waals surface area (Å²) >= 11 is 0. The third-order valence-electron chi connectivity index (χ3n) is 3.18. The van der Waals surface area contributed by atoms with Crippen LogP contribution in [-0.4, -0.2) is 29.5 Å². The first-order chi connectivity index (χ1) is 9.33. The molecule has 19 heavy (non-hydrogen) atoms. The van der Waals surface area contributed by atoms with Gasteiger partial charge in [0.2, 0.25) is 0 Å². The Morgan fingerprint density at radius 3 is 2.58 bits per heavy atom. The quantitative estimate of drug-likeness (QED) is 0.560. The Kier molecular flexibility index (Phi) is 1.94. The van der Waals surface area contributed by atoms with Crippen molar-refractivity contribution in [3.63, 3.8) is 0 Å². The van der Waals surface area contributed by atoms with E-state index in [0.29, 0.717) is 0 Å². The maximum atomic E-state index is 4.59. The maximum Gasteiger partial charge on any atom is 0.177 e. The van der Waals surface area contributed by atoms with Gasteiger partial charge in [0.05, 0.1) is 34.5 Å². The summed E-state index contributed by atoms with van der Waals surface area (Å²) in [5.41, 5.74) is 3.68. The second kappa shape index (κ2) is 3.61. The number of pyridine rings is 2. The number of hydrogen-bond acceptors (Lipinski definition) is 4. The van der Waals surface area contributed by atoms with Crippen LogP contribution in [0.3, 0.4) is 0 Å². The molecular formula is C13H10N6. The summed E-state index contributed by atoms with van der Waals surface area (Å²) in [7, 11) is 1.96. The van der Waals surface area contributed by atoms with Crippen molar-refractivity contribution in [2.75, 3.05) is 0 Å². The molecule has 0 bridgehead atoms. The summed E-state index contributed by atoms with van der Waals surface area (Å²) in [5, 5.41) is 0. The number of hydrogen-bond donors (Lipinski definition) is 1. The predicted molar refractivity (Wildman–Crippen MR) is 71.4 cm³/mol. The first-order valence-corrected chi connectivity index (χ1v) is 5.89. The Morgan fingerprint density at radius 1 is 1.00 bits per heavy atom. The summed E-state index contributed by atoms with van der Waals surface area (Å²) in [4.78, 5) is 20.6. The van der Waals surface area contributed by atoms with Crippen molar-refractivity contribution >= 4 is 22.1 Å². The zero-order valence-electron chi connectivity index (χ0n) is 10.2. The monoisotopic (exact) mass is 250 g/mol. The van der Waals surface area contributed by atoms with Crippen molar-refractivity contribution in [2.45, 2.75) is 0 Å². The van der Waals surface area contributed by atoms with Gasteiger partial charge in [-0.3, -0.25) is 9.97 Å². The van der Waals surface area contributed by atoms with E-state index in [-0.39, 0.29) is 0 Å². The molecule has 4 rings (SSSR count). The third kappa shape index (κ3) is 1.43. The molecule has 0 aliphatic heterocycles. The first-order valence-electron chi connectivity index (χ1n) is 5.89. The van der Waals surface area contributed by atoms with E-state index in [1.165, 1.54) is 0 Å². The highest BCUT2D eigenvalue weighted by Gasteiger charge is 2.13. The summed E-state index contributed by atoms with van der Waals surface area (Å²) in [6.45, 7) is 0. The molecule has 6 heteroatoms. The maximum absolute atomic E-state index is 4.59. The second-order valence-corrected chi connectivity index (χ2v) is 4.34. The van der Waals surface area contributed by atoms with Gasteiger partial charge in [0.1, 0.15) is 0 Å². The molecule has 92 valence electrons. The van der Waals surface area contributed by atoms with Gasteiger partial charge in [0.15, 0.2) is 11.6 Å². The van der Waals surface area contributed by atoms with Crippen LogP contribution in [0, 0.1) is 0 Å². The van der Waals surface area contributed by atoms with Gasteiger partial charge in [-0.1, -0.05) is 0 Å². The molecule has 1 N–H and O–H groups in total. The number of fused-ring (bicyclic) bond motifs is 2. The molecule has 6 nitrogen and oxygen atoms in total. The van der Waals surface area contributed by atoms with Crippen LogP contribution in [0.5, 0.6) is 0 Å². The van der Waals surface area contributed by atoms with Gasteiger partial charge in [-0.2, -0.15) is 0 Å². The Bertz CT molecular complexity index is 855. The summed E-state index contributed by atoms with van der Waals surface area (Å²) in [6, 6.07) is 3.77. The summed E-state index contributed by atoms with van der Waals surface area (Å²) in [6.07, 6.45) is 7.03. The Morgan fingerprint density at radius 2 is 1.79 bits per heavy atom. The lowest BCUT2D eigenvalue weighted by Crippen LogP contribution is -1.93. The molecule has 0 saturated carbocycles. The highest BCUT2D eigenvalue weighted by atomic mass is 15.1. The van der Waals surface area contributed by atoms with E-state index >= 15 is 0 Å². The molecule has 0 aliphatic rings. The molecule has 4 aromatic rings. The molecule has 0 spiro atoms. The van der Waals surface area contributed by atoms with Gasteiger partial charge in [-0.25, -0.2) is 9.97 Å².